The number of furan rings is 1. The van der Waals surface area contributed by atoms with Crippen LogP contribution in [-0.2, 0) is 17.9 Å². The lowest BCUT2D eigenvalue weighted by molar-refractivity contribution is -0.140. The van der Waals surface area contributed by atoms with Crippen LogP contribution in [0.4, 0.5) is 0 Å². The minimum absolute atomic E-state index is 0.0385. The monoisotopic (exact) mass is 404 g/mol. The summed E-state index contributed by atoms with van der Waals surface area (Å²) in [6.07, 6.45) is 1.02. The Morgan fingerprint density at radius 2 is 1.77 bits per heavy atom. The zero-order valence-electron chi connectivity index (χ0n) is 17.0. The maximum Gasteiger partial charge on any atom is 0.264 e. The molecule has 0 saturated carbocycles. The summed E-state index contributed by atoms with van der Waals surface area (Å²) in [6, 6.07) is 18.7. The summed E-state index contributed by atoms with van der Waals surface area (Å²) in [6.45, 7) is 2.74. The molecule has 2 unspecified atom stereocenters. The van der Waals surface area contributed by atoms with Crippen LogP contribution in [0.1, 0.15) is 40.1 Å². The summed E-state index contributed by atoms with van der Waals surface area (Å²) in [4.78, 5) is 27.0. The van der Waals surface area contributed by atoms with Gasteiger partial charge in [-0.2, -0.15) is 0 Å². The third-order valence-electron chi connectivity index (χ3n) is 5.42. The Labute approximate surface area is 175 Å². The Bertz CT molecular complexity index is 1030. The zero-order valence-corrected chi connectivity index (χ0v) is 17.0. The highest BCUT2D eigenvalue weighted by Gasteiger charge is 2.38. The minimum atomic E-state index is -0.581. The number of fused-ring (bicyclic) bond motifs is 1. The maximum atomic E-state index is 13.5. The highest BCUT2D eigenvalue weighted by molar-refractivity contribution is 5.94. The van der Waals surface area contributed by atoms with Crippen molar-refractivity contribution in [3.8, 4) is 5.75 Å². The van der Waals surface area contributed by atoms with Crippen molar-refractivity contribution in [2.24, 2.45) is 0 Å². The molecule has 1 N–H and O–H groups in total. The van der Waals surface area contributed by atoms with Crippen LogP contribution >= 0.6 is 0 Å². The molecule has 0 spiro atoms. The van der Waals surface area contributed by atoms with E-state index in [1.807, 2.05) is 49.4 Å². The van der Waals surface area contributed by atoms with E-state index in [0.29, 0.717) is 24.4 Å². The Hall–Kier alpha value is -3.54. The number of hydrogen-bond donors (Lipinski definition) is 1. The largest absolute Gasteiger partial charge is 0.480 e. The number of nitrogens with one attached hydrogen (secondary N) is 1. The van der Waals surface area contributed by atoms with E-state index in [-0.39, 0.29) is 17.7 Å². The van der Waals surface area contributed by atoms with Crippen molar-refractivity contribution in [2.75, 3.05) is 7.05 Å². The summed E-state index contributed by atoms with van der Waals surface area (Å²) in [7, 11) is 1.60. The molecule has 2 amide bonds. The molecule has 0 bridgehead atoms. The van der Waals surface area contributed by atoms with Crippen molar-refractivity contribution < 1.29 is 18.7 Å². The lowest BCUT2D eigenvalue weighted by Gasteiger charge is -2.26. The smallest absolute Gasteiger partial charge is 0.264 e. The van der Waals surface area contributed by atoms with Crippen LogP contribution in [0.15, 0.2) is 71.3 Å². The SMILES string of the molecule is CNC(=O)c1ccc(CN(Cc2ccco2)C(=O)C2Oc3ccccc3C2C)cc1. The van der Waals surface area contributed by atoms with Gasteiger partial charge >= 0.3 is 0 Å². The molecule has 0 saturated heterocycles. The van der Waals surface area contributed by atoms with Gasteiger partial charge in [0.05, 0.1) is 12.8 Å². The Kier molecular flexibility index (Phi) is 5.57. The van der Waals surface area contributed by atoms with Gasteiger partial charge in [0, 0.05) is 30.6 Å². The fraction of sp³-hybridized carbons (Fsp3) is 0.250. The van der Waals surface area contributed by atoms with Gasteiger partial charge in [-0.3, -0.25) is 9.59 Å². The van der Waals surface area contributed by atoms with Gasteiger partial charge in [-0.1, -0.05) is 37.3 Å². The average molecular weight is 404 g/mol. The number of benzene rings is 2. The minimum Gasteiger partial charge on any atom is -0.480 e. The van der Waals surface area contributed by atoms with E-state index in [0.717, 1.165) is 16.9 Å². The van der Waals surface area contributed by atoms with Gasteiger partial charge in [-0.05, 0) is 35.9 Å². The van der Waals surface area contributed by atoms with Crippen molar-refractivity contribution in [3.63, 3.8) is 0 Å². The van der Waals surface area contributed by atoms with Crippen LogP contribution in [0, 0.1) is 0 Å². The second kappa shape index (κ2) is 8.45. The van der Waals surface area contributed by atoms with Crippen LogP contribution in [0.3, 0.4) is 0 Å². The van der Waals surface area contributed by atoms with Crippen molar-refractivity contribution >= 4 is 11.8 Å². The molecule has 1 aliphatic rings. The van der Waals surface area contributed by atoms with E-state index in [4.69, 9.17) is 9.15 Å². The number of nitrogens with zero attached hydrogens (tertiary/aromatic N) is 1. The van der Waals surface area contributed by atoms with Gasteiger partial charge in [0.25, 0.3) is 11.8 Å². The molecule has 0 aliphatic carbocycles. The van der Waals surface area contributed by atoms with Gasteiger partial charge in [-0.15, -0.1) is 0 Å². The number of rotatable bonds is 6. The number of carbonyl (C=O) groups excluding carboxylic acids is 2. The summed E-state index contributed by atoms with van der Waals surface area (Å²) < 4.78 is 11.5. The maximum absolute atomic E-state index is 13.5. The highest BCUT2D eigenvalue weighted by atomic mass is 16.5. The Morgan fingerprint density at radius 3 is 2.43 bits per heavy atom. The third-order valence-corrected chi connectivity index (χ3v) is 5.42. The molecule has 2 heterocycles. The fourth-order valence-corrected chi connectivity index (χ4v) is 3.74. The van der Waals surface area contributed by atoms with Crippen LogP contribution in [-0.4, -0.2) is 29.9 Å². The summed E-state index contributed by atoms with van der Waals surface area (Å²) in [5.74, 6) is 1.19. The second-order valence-electron chi connectivity index (χ2n) is 7.41. The van der Waals surface area contributed by atoms with Crippen molar-refractivity contribution in [1.82, 2.24) is 10.2 Å². The lowest BCUT2D eigenvalue weighted by atomic mass is 9.96. The van der Waals surface area contributed by atoms with Crippen LogP contribution in [0.5, 0.6) is 5.75 Å². The first-order chi connectivity index (χ1) is 14.6. The Morgan fingerprint density at radius 1 is 1.00 bits per heavy atom. The third kappa shape index (κ3) is 3.94. The van der Waals surface area contributed by atoms with E-state index >= 15 is 0 Å². The summed E-state index contributed by atoms with van der Waals surface area (Å²) in [5, 5.41) is 2.61. The van der Waals surface area contributed by atoms with Crippen LogP contribution < -0.4 is 10.1 Å². The number of hydrogen-bond acceptors (Lipinski definition) is 4. The van der Waals surface area contributed by atoms with E-state index < -0.39 is 6.10 Å². The first-order valence-electron chi connectivity index (χ1n) is 9.94. The van der Waals surface area contributed by atoms with Crippen LogP contribution in [0.25, 0.3) is 0 Å². The molecule has 154 valence electrons. The molecular weight excluding hydrogens is 380 g/mol. The van der Waals surface area contributed by atoms with E-state index in [1.54, 1.807) is 36.4 Å². The predicted molar refractivity (Wildman–Crippen MR) is 112 cm³/mol. The average Bonchev–Trinajstić information content (AvgIpc) is 3.41. The molecular formula is C24H24N2O4. The standard InChI is InChI=1S/C24H24N2O4/c1-16-20-7-3-4-8-21(20)30-22(16)24(28)26(15-19-6-5-13-29-19)14-17-9-11-18(12-10-17)23(27)25-2/h3-13,16,22H,14-15H2,1-2H3,(H,25,27). The van der Waals surface area contributed by atoms with E-state index in [1.165, 1.54) is 0 Å². The molecule has 1 aromatic heterocycles. The number of carbonyl (C=O) groups is 2. The van der Waals surface area contributed by atoms with Gasteiger partial charge in [-0.25, -0.2) is 0 Å². The molecule has 0 radical (unpaired) electrons. The molecule has 30 heavy (non-hydrogen) atoms. The topological polar surface area (TPSA) is 71.8 Å². The quantitative estimate of drug-likeness (QED) is 0.680. The fourth-order valence-electron chi connectivity index (χ4n) is 3.74. The summed E-state index contributed by atoms with van der Waals surface area (Å²) >= 11 is 0. The molecule has 0 fully saturated rings. The number of ether oxygens (including phenoxy) is 1. The molecule has 2 atom stereocenters. The van der Waals surface area contributed by atoms with Crippen molar-refractivity contribution in [3.05, 3.63) is 89.4 Å². The summed E-state index contributed by atoms with van der Waals surface area (Å²) in [5.41, 5.74) is 2.54. The van der Waals surface area contributed by atoms with Gasteiger partial charge in [0.2, 0.25) is 0 Å². The Balaban J connectivity index is 1.56. The normalized spacial score (nSPS) is 17.1. The van der Waals surface area contributed by atoms with E-state index in [2.05, 4.69) is 5.32 Å². The lowest BCUT2D eigenvalue weighted by Crippen LogP contribution is -2.41. The second-order valence-corrected chi connectivity index (χ2v) is 7.41. The first kappa shape index (κ1) is 19.8. The van der Waals surface area contributed by atoms with E-state index in [9.17, 15) is 9.59 Å². The van der Waals surface area contributed by atoms with Gasteiger partial charge in [0.15, 0.2) is 6.10 Å². The van der Waals surface area contributed by atoms with Gasteiger partial charge < -0.3 is 19.4 Å². The molecule has 2 aromatic carbocycles. The number of amides is 2. The van der Waals surface area contributed by atoms with Crippen LogP contribution in [0.2, 0.25) is 0 Å². The van der Waals surface area contributed by atoms with Crippen molar-refractivity contribution in [2.45, 2.75) is 32.0 Å². The number of para-hydroxylation sites is 1. The zero-order chi connectivity index (χ0) is 21.1. The highest BCUT2D eigenvalue weighted by Crippen LogP contribution is 2.38. The van der Waals surface area contributed by atoms with Gasteiger partial charge in [0.1, 0.15) is 11.5 Å². The molecule has 4 rings (SSSR count). The molecule has 6 heteroatoms. The molecule has 3 aromatic rings. The first-order valence-corrected chi connectivity index (χ1v) is 9.94. The molecule has 6 nitrogen and oxygen atoms in total. The predicted octanol–water partition coefficient (Wildman–Crippen LogP) is 3.73. The van der Waals surface area contributed by atoms with Crippen molar-refractivity contribution in [1.29, 1.82) is 0 Å². The molecule has 1 aliphatic heterocycles.